The second kappa shape index (κ2) is 12.2. The molecule has 0 radical (unpaired) electrons. The average molecular weight is 750 g/mol. The van der Waals surface area contributed by atoms with Gasteiger partial charge in [0.15, 0.2) is 5.58 Å². The van der Waals surface area contributed by atoms with Crippen LogP contribution in [0.4, 0.5) is 17.1 Å². The smallest absolute Gasteiger partial charge is 0.159 e. The lowest BCUT2D eigenvalue weighted by Crippen LogP contribution is -2.26. The number of hydrogen-bond acceptors (Lipinski definition) is 2. The van der Waals surface area contributed by atoms with Gasteiger partial charge in [-0.2, -0.15) is 0 Å². The summed E-state index contributed by atoms with van der Waals surface area (Å²) in [6.45, 7) is 0. The topological polar surface area (TPSA) is 16.4 Å². The van der Waals surface area contributed by atoms with Gasteiger partial charge < -0.3 is 9.32 Å². The van der Waals surface area contributed by atoms with Crippen LogP contribution in [0.5, 0.6) is 0 Å². The zero-order chi connectivity index (χ0) is 38.7. The summed E-state index contributed by atoms with van der Waals surface area (Å²) in [6, 6.07) is 77.8. The Hall–Kier alpha value is -7.68. The molecule has 2 aliphatic carbocycles. The van der Waals surface area contributed by atoms with Gasteiger partial charge in [0.05, 0.1) is 11.1 Å². The maximum absolute atomic E-state index is 7.30. The fourth-order valence-electron chi connectivity index (χ4n) is 10.6. The standard InChI is InChI=1S/C57H35NO/c1-2-18-40(19-3-1)58(41-31-32-46-45-23-10-13-27-51(45)57(52(46)35-41)49-25-11-8-21-43(49)44-22-9-12-26-50(44)57)53-28-14-24-47-48-34-38-17-6-7-20-42(38)54(56(48)59-55(47)53)39-30-29-36-15-4-5-16-37(36)33-39/h1-35H. The van der Waals surface area contributed by atoms with E-state index in [9.17, 15) is 0 Å². The number of anilines is 3. The van der Waals surface area contributed by atoms with Crippen LogP contribution >= 0.6 is 0 Å². The second-order valence-corrected chi connectivity index (χ2v) is 16.0. The first-order valence-electron chi connectivity index (χ1n) is 20.4. The van der Waals surface area contributed by atoms with Gasteiger partial charge >= 0.3 is 0 Å². The molecule has 0 atom stereocenters. The molecule has 0 saturated heterocycles. The van der Waals surface area contributed by atoms with Gasteiger partial charge in [-0.15, -0.1) is 0 Å². The highest BCUT2D eigenvalue weighted by Gasteiger charge is 2.51. The normalized spacial score (nSPS) is 13.2. The predicted molar refractivity (Wildman–Crippen MR) is 245 cm³/mol. The van der Waals surface area contributed by atoms with Crippen molar-refractivity contribution >= 4 is 60.5 Å². The Morgan fingerprint density at radius 2 is 0.932 bits per heavy atom. The molecule has 2 aliphatic rings. The molecule has 10 aromatic carbocycles. The third kappa shape index (κ3) is 4.40. The van der Waals surface area contributed by atoms with E-state index in [0.717, 1.165) is 50.1 Å². The van der Waals surface area contributed by atoms with Crippen molar-refractivity contribution in [3.63, 3.8) is 0 Å². The lowest BCUT2D eigenvalue weighted by atomic mass is 9.70. The molecule has 1 aromatic heterocycles. The van der Waals surface area contributed by atoms with Gasteiger partial charge in [0.2, 0.25) is 0 Å². The Labute approximate surface area is 341 Å². The van der Waals surface area contributed by atoms with Crippen LogP contribution < -0.4 is 4.90 Å². The maximum Gasteiger partial charge on any atom is 0.159 e. The molecule has 0 saturated carbocycles. The minimum atomic E-state index is -0.447. The van der Waals surface area contributed by atoms with Crippen molar-refractivity contribution in [3.05, 3.63) is 235 Å². The van der Waals surface area contributed by atoms with Gasteiger partial charge in [-0.05, 0) is 114 Å². The maximum atomic E-state index is 7.30. The molecule has 1 heterocycles. The monoisotopic (exact) mass is 749 g/mol. The number of rotatable bonds is 4. The Balaban J connectivity index is 1.09. The molecule has 2 nitrogen and oxygen atoms in total. The minimum absolute atomic E-state index is 0.447. The summed E-state index contributed by atoms with van der Waals surface area (Å²) in [6.07, 6.45) is 0. The van der Waals surface area contributed by atoms with Gasteiger partial charge in [-0.25, -0.2) is 0 Å². The largest absolute Gasteiger partial charge is 0.453 e. The zero-order valence-corrected chi connectivity index (χ0v) is 32.1. The molecule has 59 heavy (non-hydrogen) atoms. The molecule has 0 bridgehead atoms. The Morgan fingerprint density at radius 1 is 0.339 bits per heavy atom. The molecule has 0 unspecified atom stereocenters. The first-order valence-corrected chi connectivity index (χ1v) is 20.4. The first kappa shape index (κ1) is 32.4. The van der Waals surface area contributed by atoms with Gasteiger partial charge in [-0.1, -0.05) is 170 Å². The van der Waals surface area contributed by atoms with Gasteiger partial charge in [-0.3, -0.25) is 0 Å². The first-order chi connectivity index (χ1) is 29.3. The fraction of sp³-hybridized carbons (Fsp3) is 0.0175. The summed E-state index contributed by atoms with van der Waals surface area (Å²) in [5.74, 6) is 0. The van der Waals surface area contributed by atoms with Crippen molar-refractivity contribution in [2.24, 2.45) is 0 Å². The molecular formula is C57H35NO. The Bertz CT molecular complexity index is 3460. The Kier molecular flexibility index (Phi) is 6.68. The van der Waals surface area contributed by atoms with Crippen LogP contribution in [0, 0.1) is 0 Å². The van der Waals surface area contributed by atoms with Gasteiger partial charge in [0, 0.05) is 27.7 Å². The highest BCUT2D eigenvalue weighted by Crippen LogP contribution is 2.63. The average Bonchev–Trinajstić information content (AvgIpc) is 3.93. The summed E-state index contributed by atoms with van der Waals surface area (Å²) < 4.78 is 7.30. The van der Waals surface area contributed by atoms with E-state index < -0.39 is 5.41 Å². The number of hydrogen-bond donors (Lipinski definition) is 0. The van der Waals surface area contributed by atoms with Crippen molar-refractivity contribution in [1.82, 2.24) is 0 Å². The van der Waals surface area contributed by atoms with E-state index in [2.05, 4.69) is 217 Å². The molecule has 11 aromatic rings. The highest BCUT2D eigenvalue weighted by molar-refractivity contribution is 6.20. The fourth-order valence-corrected chi connectivity index (χ4v) is 10.6. The van der Waals surface area contributed by atoms with Crippen LogP contribution in [0.3, 0.4) is 0 Å². The summed E-state index contributed by atoms with van der Waals surface area (Å²) in [5.41, 5.74) is 17.2. The van der Waals surface area contributed by atoms with Crippen molar-refractivity contribution in [1.29, 1.82) is 0 Å². The van der Waals surface area contributed by atoms with E-state index in [-0.39, 0.29) is 0 Å². The van der Waals surface area contributed by atoms with Gasteiger partial charge in [0.1, 0.15) is 5.58 Å². The van der Waals surface area contributed by atoms with Crippen LogP contribution in [0.2, 0.25) is 0 Å². The number of benzene rings is 10. The van der Waals surface area contributed by atoms with E-state index in [4.69, 9.17) is 4.42 Å². The molecule has 0 fully saturated rings. The molecule has 1 spiro atoms. The molecule has 2 heteroatoms. The Morgan fingerprint density at radius 3 is 1.66 bits per heavy atom. The number of para-hydroxylation sites is 2. The summed E-state index contributed by atoms with van der Waals surface area (Å²) in [7, 11) is 0. The van der Waals surface area contributed by atoms with Crippen molar-refractivity contribution in [2.75, 3.05) is 4.90 Å². The molecule has 13 rings (SSSR count). The summed E-state index contributed by atoms with van der Waals surface area (Å²) in [5, 5.41) is 7.01. The third-order valence-corrected chi connectivity index (χ3v) is 13.0. The lowest BCUT2D eigenvalue weighted by Gasteiger charge is -2.32. The highest BCUT2D eigenvalue weighted by atomic mass is 16.3. The lowest BCUT2D eigenvalue weighted by molar-refractivity contribution is 0.670. The van der Waals surface area contributed by atoms with E-state index in [1.54, 1.807) is 0 Å². The van der Waals surface area contributed by atoms with Crippen LogP contribution in [0.25, 0.3) is 76.9 Å². The summed E-state index contributed by atoms with van der Waals surface area (Å²) >= 11 is 0. The minimum Gasteiger partial charge on any atom is -0.453 e. The van der Waals surface area contributed by atoms with Gasteiger partial charge in [0.25, 0.3) is 0 Å². The number of nitrogens with zero attached hydrogens (tertiary/aromatic N) is 1. The van der Waals surface area contributed by atoms with Crippen LogP contribution in [-0.4, -0.2) is 0 Å². The van der Waals surface area contributed by atoms with E-state index in [0.29, 0.717) is 0 Å². The summed E-state index contributed by atoms with van der Waals surface area (Å²) in [4.78, 5) is 2.39. The number of furan rings is 1. The van der Waals surface area contributed by atoms with Crippen LogP contribution in [0.15, 0.2) is 217 Å². The molecule has 0 amide bonds. The van der Waals surface area contributed by atoms with Crippen LogP contribution in [-0.2, 0) is 5.41 Å². The second-order valence-electron chi connectivity index (χ2n) is 16.0. The molecule has 274 valence electrons. The van der Waals surface area contributed by atoms with E-state index >= 15 is 0 Å². The molecular weight excluding hydrogens is 715 g/mol. The quantitative estimate of drug-likeness (QED) is 0.178. The van der Waals surface area contributed by atoms with Crippen LogP contribution in [0.1, 0.15) is 22.3 Å². The van der Waals surface area contributed by atoms with E-state index in [1.165, 1.54) is 66.1 Å². The van der Waals surface area contributed by atoms with Crippen molar-refractivity contribution in [2.45, 2.75) is 5.41 Å². The molecule has 0 N–H and O–H groups in total. The molecule has 0 aliphatic heterocycles. The van der Waals surface area contributed by atoms with Crippen molar-refractivity contribution < 1.29 is 4.42 Å². The number of fused-ring (bicyclic) bond motifs is 15. The SMILES string of the molecule is c1ccc(N(c2ccc3c(c2)C2(c4ccccc4-c4ccccc42)c2ccccc2-3)c2cccc3c2oc2c(-c4ccc5ccccc5c4)c4ccccc4cc23)cc1. The predicted octanol–water partition coefficient (Wildman–Crippen LogP) is 15.4. The zero-order valence-electron chi connectivity index (χ0n) is 32.1. The third-order valence-electron chi connectivity index (χ3n) is 13.0. The van der Waals surface area contributed by atoms with E-state index in [1.807, 2.05) is 0 Å². The van der Waals surface area contributed by atoms with Crippen molar-refractivity contribution in [3.8, 4) is 33.4 Å².